The number of fused-ring (bicyclic) bond motifs is 5. The van der Waals surface area contributed by atoms with Crippen molar-refractivity contribution in [2.75, 3.05) is 37.0 Å². The summed E-state index contributed by atoms with van der Waals surface area (Å²) in [6.45, 7) is 1.62. The second-order valence-corrected chi connectivity index (χ2v) is 8.46. The van der Waals surface area contributed by atoms with Crippen molar-refractivity contribution in [2.24, 2.45) is 0 Å². The molecule has 1 unspecified atom stereocenters. The topological polar surface area (TPSA) is 69.8 Å². The van der Waals surface area contributed by atoms with E-state index in [1.165, 1.54) is 12.3 Å². The summed E-state index contributed by atoms with van der Waals surface area (Å²) in [5.74, 6) is 1.92. The van der Waals surface area contributed by atoms with Crippen LogP contribution in [0, 0.1) is 0 Å². The normalized spacial score (nSPS) is 20.5. The van der Waals surface area contributed by atoms with E-state index >= 15 is 0 Å². The highest BCUT2D eigenvalue weighted by Gasteiger charge is 2.52. The van der Waals surface area contributed by atoms with Crippen LogP contribution in [0.15, 0.2) is 48.7 Å². The van der Waals surface area contributed by atoms with E-state index in [0.29, 0.717) is 49.3 Å². The van der Waals surface area contributed by atoms with Gasteiger partial charge in [0.15, 0.2) is 11.5 Å². The molecule has 6 nitrogen and oxygen atoms in total. The minimum atomic E-state index is -4.49. The largest absolute Gasteiger partial charge is 0.492 e. The van der Waals surface area contributed by atoms with E-state index in [-0.39, 0.29) is 12.2 Å². The van der Waals surface area contributed by atoms with Crippen LogP contribution in [0.25, 0.3) is 0 Å². The van der Waals surface area contributed by atoms with Crippen molar-refractivity contribution in [3.63, 3.8) is 0 Å². The maximum atomic E-state index is 13.6. The fourth-order valence-corrected chi connectivity index (χ4v) is 5.16. The number of hydrogen-bond acceptors (Lipinski definition) is 6. The van der Waals surface area contributed by atoms with Gasteiger partial charge in [-0.05, 0) is 30.3 Å². The van der Waals surface area contributed by atoms with Crippen molar-refractivity contribution in [1.82, 2.24) is 4.98 Å². The van der Waals surface area contributed by atoms with Gasteiger partial charge < -0.3 is 24.8 Å². The van der Waals surface area contributed by atoms with Gasteiger partial charge in [-0.1, -0.05) is 6.07 Å². The van der Waals surface area contributed by atoms with E-state index in [4.69, 9.17) is 19.9 Å². The summed E-state index contributed by atoms with van der Waals surface area (Å²) in [6.07, 6.45) is -3.10. The van der Waals surface area contributed by atoms with Crippen LogP contribution in [0.3, 0.4) is 0 Å². The number of aromatic nitrogens is 1. The Labute approximate surface area is 187 Å². The second kappa shape index (κ2) is 6.94. The molecule has 170 valence electrons. The molecule has 1 atom stereocenters. The van der Waals surface area contributed by atoms with Gasteiger partial charge >= 0.3 is 6.18 Å². The molecule has 2 N–H and O–H groups in total. The first-order valence-corrected chi connectivity index (χ1v) is 10.6. The van der Waals surface area contributed by atoms with E-state index in [1.54, 1.807) is 0 Å². The summed E-state index contributed by atoms with van der Waals surface area (Å²) in [6, 6.07) is 11.6. The molecule has 1 spiro atoms. The molecule has 0 amide bonds. The van der Waals surface area contributed by atoms with Crippen LogP contribution in [0.5, 0.6) is 17.2 Å². The monoisotopic (exact) mass is 455 g/mol. The highest BCUT2D eigenvalue weighted by Crippen LogP contribution is 2.56. The van der Waals surface area contributed by atoms with Gasteiger partial charge in [-0.2, -0.15) is 13.2 Å². The van der Waals surface area contributed by atoms with Gasteiger partial charge in [-0.25, -0.2) is 0 Å². The third-order valence-electron chi connectivity index (χ3n) is 6.53. The van der Waals surface area contributed by atoms with Crippen LogP contribution >= 0.6 is 0 Å². The Balaban J connectivity index is 1.46. The van der Waals surface area contributed by atoms with Crippen LogP contribution in [0.1, 0.15) is 22.4 Å². The molecule has 0 saturated carbocycles. The van der Waals surface area contributed by atoms with Gasteiger partial charge in [0, 0.05) is 41.3 Å². The molecule has 3 aliphatic heterocycles. The third-order valence-corrected chi connectivity index (χ3v) is 6.53. The van der Waals surface area contributed by atoms with Gasteiger partial charge in [0.2, 0.25) is 0 Å². The highest BCUT2D eigenvalue weighted by atomic mass is 19.4. The Kier molecular flexibility index (Phi) is 4.21. The average Bonchev–Trinajstić information content (AvgIpc) is 3.31. The van der Waals surface area contributed by atoms with Crippen molar-refractivity contribution < 1.29 is 27.4 Å². The van der Waals surface area contributed by atoms with Gasteiger partial charge in [0.25, 0.3) is 0 Å². The molecule has 6 rings (SSSR count). The number of nitrogen functional groups attached to an aromatic ring is 1. The molecule has 0 fully saturated rings. The highest BCUT2D eigenvalue weighted by molar-refractivity contribution is 5.77. The van der Waals surface area contributed by atoms with E-state index < -0.39 is 17.2 Å². The molecule has 3 aliphatic rings. The first-order valence-electron chi connectivity index (χ1n) is 10.6. The molecule has 0 radical (unpaired) electrons. The molecule has 0 saturated heterocycles. The lowest BCUT2D eigenvalue weighted by Gasteiger charge is -2.27. The number of nitrogens with two attached hydrogens (primary N) is 1. The van der Waals surface area contributed by atoms with Gasteiger partial charge in [-0.3, -0.25) is 4.98 Å². The number of pyridine rings is 1. The van der Waals surface area contributed by atoms with Gasteiger partial charge in [-0.15, -0.1) is 0 Å². The van der Waals surface area contributed by atoms with Crippen molar-refractivity contribution in [1.29, 1.82) is 0 Å². The van der Waals surface area contributed by atoms with Crippen molar-refractivity contribution in [3.8, 4) is 17.2 Å². The summed E-state index contributed by atoms with van der Waals surface area (Å²) in [5.41, 5.74) is 8.13. The SMILES string of the molecule is Nc1cccc2c1C1(COc3cc4c(cc31)OCCO4)CN2Cc1ncccc1C(F)(F)F. The number of anilines is 2. The number of hydrogen-bond donors (Lipinski definition) is 1. The third kappa shape index (κ3) is 2.98. The minimum absolute atomic E-state index is 0.00618. The van der Waals surface area contributed by atoms with Crippen molar-refractivity contribution in [3.05, 3.63) is 71.0 Å². The summed E-state index contributed by atoms with van der Waals surface area (Å²) in [5, 5.41) is 0. The molecule has 0 aliphatic carbocycles. The average molecular weight is 455 g/mol. The Morgan fingerprint density at radius 3 is 2.58 bits per heavy atom. The minimum Gasteiger partial charge on any atom is -0.492 e. The predicted octanol–water partition coefficient (Wildman–Crippen LogP) is 4.15. The van der Waals surface area contributed by atoms with Crippen LogP contribution < -0.4 is 24.8 Å². The predicted molar refractivity (Wildman–Crippen MR) is 115 cm³/mol. The molecule has 4 heterocycles. The zero-order valence-corrected chi connectivity index (χ0v) is 17.5. The van der Waals surface area contributed by atoms with Gasteiger partial charge in [0.05, 0.1) is 23.2 Å². The van der Waals surface area contributed by atoms with E-state index in [9.17, 15) is 13.2 Å². The fourth-order valence-electron chi connectivity index (χ4n) is 5.16. The summed E-state index contributed by atoms with van der Waals surface area (Å²) in [4.78, 5) is 5.96. The first-order chi connectivity index (χ1) is 15.9. The number of nitrogens with zero attached hydrogens (tertiary/aromatic N) is 2. The zero-order chi connectivity index (χ0) is 22.8. The van der Waals surface area contributed by atoms with Crippen LogP contribution in [0.4, 0.5) is 24.5 Å². The molecular weight excluding hydrogens is 435 g/mol. The summed E-state index contributed by atoms with van der Waals surface area (Å²) in [7, 11) is 0. The number of halogens is 3. The quantitative estimate of drug-likeness (QED) is 0.586. The molecule has 1 aromatic heterocycles. The van der Waals surface area contributed by atoms with E-state index in [1.807, 2.05) is 35.2 Å². The van der Waals surface area contributed by atoms with Crippen LogP contribution in [0.2, 0.25) is 0 Å². The van der Waals surface area contributed by atoms with E-state index in [0.717, 1.165) is 22.9 Å². The summed E-state index contributed by atoms with van der Waals surface area (Å²) < 4.78 is 58.4. The molecule has 3 aromatic rings. The Bertz CT molecular complexity index is 1260. The van der Waals surface area contributed by atoms with Crippen molar-refractivity contribution >= 4 is 11.4 Å². The smallest absolute Gasteiger partial charge is 0.418 e. The Morgan fingerprint density at radius 2 is 1.79 bits per heavy atom. The maximum Gasteiger partial charge on any atom is 0.418 e. The number of benzene rings is 2. The zero-order valence-electron chi connectivity index (χ0n) is 17.5. The molecule has 33 heavy (non-hydrogen) atoms. The lowest BCUT2D eigenvalue weighted by atomic mass is 9.77. The molecule has 0 bridgehead atoms. The lowest BCUT2D eigenvalue weighted by Crippen LogP contribution is -2.36. The summed E-state index contributed by atoms with van der Waals surface area (Å²) >= 11 is 0. The van der Waals surface area contributed by atoms with Crippen molar-refractivity contribution in [2.45, 2.75) is 18.1 Å². The Hall–Kier alpha value is -3.62. The van der Waals surface area contributed by atoms with E-state index in [2.05, 4.69) is 4.98 Å². The van der Waals surface area contributed by atoms with Crippen LogP contribution in [-0.2, 0) is 18.1 Å². The number of ether oxygens (including phenoxy) is 3. The fraction of sp³-hybridized carbons (Fsp3) is 0.292. The second-order valence-electron chi connectivity index (χ2n) is 8.46. The molecule has 9 heteroatoms. The molecular formula is C24H20F3N3O3. The lowest BCUT2D eigenvalue weighted by molar-refractivity contribution is -0.138. The number of alkyl halides is 3. The maximum absolute atomic E-state index is 13.6. The first kappa shape index (κ1) is 20.0. The van der Waals surface area contributed by atoms with Gasteiger partial charge in [0.1, 0.15) is 25.6 Å². The standard InChI is InChI=1S/C24H20F3N3O3/c25-24(26,27)14-3-2-6-29-17(14)11-30-12-23(22-16(28)4-1-5-18(22)30)13-33-19-10-21-20(9-15(19)23)31-7-8-32-21/h1-6,9-10H,7-8,11-13,28H2. The number of rotatable bonds is 2. The molecule has 2 aromatic carbocycles. The van der Waals surface area contributed by atoms with Crippen LogP contribution in [-0.4, -0.2) is 31.3 Å². The Morgan fingerprint density at radius 1 is 1.00 bits per heavy atom.